The van der Waals surface area contributed by atoms with Crippen molar-refractivity contribution in [3.8, 4) is 0 Å². The van der Waals surface area contributed by atoms with Gasteiger partial charge in [0.1, 0.15) is 0 Å². The average Bonchev–Trinajstić information content (AvgIpc) is 2.87. The van der Waals surface area contributed by atoms with Crippen LogP contribution in [-0.4, -0.2) is 17.9 Å². The van der Waals surface area contributed by atoms with Gasteiger partial charge in [0.2, 0.25) is 5.91 Å². The Kier molecular flexibility index (Phi) is 6.02. The highest BCUT2D eigenvalue weighted by molar-refractivity contribution is 7.99. The first-order valence-corrected chi connectivity index (χ1v) is 8.57. The molecule has 1 aromatic carbocycles. The lowest BCUT2D eigenvalue weighted by atomic mass is 10.2. The van der Waals surface area contributed by atoms with Crippen LogP contribution in [0.15, 0.2) is 45.7 Å². The van der Waals surface area contributed by atoms with E-state index in [1.165, 1.54) is 16.0 Å². The summed E-state index contributed by atoms with van der Waals surface area (Å²) in [7, 11) is 0. The number of hydrazone groups is 1. The Labute approximate surface area is 133 Å². The first-order chi connectivity index (χ1) is 10.1. The minimum Gasteiger partial charge on any atom is -0.273 e. The molecule has 21 heavy (non-hydrogen) atoms. The van der Waals surface area contributed by atoms with Crippen molar-refractivity contribution in [2.24, 2.45) is 5.10 Å². The van der Waals surface area contributed by atoms with E-state index in [2.05, 4.69) is 41.7 Å². The third-order valence-electron chi connectivity index (χ3n) is 2.89. The second-order valence-electron chi connectivity index (χ2n) is 4.67. The molecule has 0 bridgehead atoms. The van der Waals surface area contributed by atoms with Crippen LogP contribution in [0.3, 0.4) is 0 Å². The van der Waals surface area contributed by atoms with Gasteiger partial charge in [-0.3, -0.25) is 4.79 Å². The van der Waals surface area contributed by atoms with E-state index in [0.717, 1.165) is 10.6 Å². The zero-order valence-electron chi connectivity index (χ0n) is 12.1. The maximum absolute atomic E-state index is 11.7. The van der Waals surface area contributed by atoms with Crippen molar-refractivity contribution in [1.29, 1.82) is 0 Å². The van der Waals surface area contributed by atoms with Gasteiger partial charge < -0.3 is 0 Å². The molecule has 3 nitrogen and oxygen atoms in total. The summed E-state index contributed by atoms with van der Waals surface area (Å²) < 4.78 is 0. The molecule has 0 aliphatic rings. The highest BCUT2D eigenvalue weighted by atomic mass is 32.2. The quantitative estimate of drug-likeness (QED) is 0.497. The standard InChI is InChI=1S/C16H18N2OS2/c1-12-3-5-14(6-4-12)20-10-8-16(19)18-17-11-15-13(2)7-9-21-15/h3-7,9,11H,8,10H2,1-2H3,(H,18,19)/b17-11-. The number of hydrogen-bond acceptors (Lipinski definition) is 4. The molecule has 0 saturated carbocycles. The van der Waals surface area contributed by atoms with Crippen LogP contribution in [0.25, 0.3) is 0 Å². The van der Waals surface area contributed by atoms with Gasteiger partial charge in [0.05, 0.1) is 6.21 Å². The van der Waals surface area contributed by atoms with Crippen LogP contribution in [0.5, 0.6) is 0 Å². The smallest absolute Gasteiger partial charge is 0.240 e. The number of thiophene rings is 1. The molecule has 0 radical (unpaired) electrons. The number of amides is 1. The number of carbonyl (C=O) groups is 1. The number of carbonyl (C=O) groups excluding carboxylic acids is 1. The van der Waals surface area contributed by atoms with Crippen molar-refractivity contribution < 1.29 is 4.79 Å². The lowest BCUT2D eigenvalue weighted by molar-refractivity contribution is -0.120. The zero-order valence-corrected chi connectivity index (χ0v) is 13.8. The number of nitrogens with one attached hydrogen (secondary N) is 1. The van der Waals surface area contributed by atoms with Gasteiger partial charge in [0.15, 0.2) is 0 Å². The first-order valence-electron chi connectivity index (χ1n) is 6.70. The van der Waals surface area contributed by atoms with Crippen LogP contribution in [0, 0.1) is 13.8 Å². The molecule has 5 heteroatoms. The summed E-state index contributed by atoms with van der Waals surface area (Å²) >= 11 is 3.29. The zero-order chi connectivity index (χ0) is 15.1. The van der Waals surface area contributed by atoms with E-state index in [9.17, 15) is 4.79 Å². The Morgan fingerprint density at radius 1 is 1.29 bits per heavy atom. The number of nitrogens with zero attached hydrogens (tertiary/aromatic N) is 1. The molecule has 2 rings (SSSR count). The maximum atomic E-state index is 11.7. The molecule has 0 aliphatic heterocycles. The lowest BCUT2D eigenvalue weighted by Gasteiger charge is -2.02. The van der Waals surface area contributed by atoms with Crippen LogP contribution < -0.4 is 5.43 Å². The molecular weight excluding hydrogens is 300 g/mol. The molecule has 0 aliphatic carbocycles. The number of benzene rings is 1. The van der Waals surface area contributed by atoms with Crippen molar-refractivity contribution in [2.75, 3.05) is 5.75 Å². The van der Waals surface area contributed by atoms with Gasteiger partial charge in [-0.15, -0.1) is 23.1 Å². The van der Waals surface area contributed by atoms with Crippen LogP contribution >= 0.6 is 23.1 Å². The van der Waals surface area contributed by atoms with E-state index in [4.69, 9.17) is 0 Å². The van der Waals surface area contributed by atoms with Gasteiger partial charge in [0.25, 0.3) is 0 Å². The molecule has 2 aromatic rings. The van der Waals surface area contributed by atoms with Crippen molar-refractivity contribution in [3.63, 3.8) is 0 Å². The monoisotopic (exact) mass is 318 g/mol. The summed E-state index contributed by atoms with van der Waals surface area (Å²) in [5, 5.41) is 6.00. The van der Waals surface area contributed by atoms with Gasteiger partial charge in [-0.05, 0) is 43.0 Å². The SMILES string of the molecule is Cc1ccc(SCCC(=O)N/N=C\c2sccc2C)cc1. The van der Waals surface area contributed by atoms with Crippen LogP contribution in [-0.2, 0) is 4.79 Å². The summed E-state index contributed by atoms with van der Waals surface area (Å²) in [6.45, 7) is 4.09. The fraction of sp³-hybridized carbons (Fsp3) is 0.250. The topological polar surface area (TPSA) is 41.5 Å². The Morgan fingerprint density at radius 3 is 2.71 bits per heavy atom. The van der Waals surface area contributed by atoms with Crippen LogP contribution in [0.2, 0.25) is 0 Å². The number of rotatable bonds is 6. The third kappa shape index (κ3) is 5.36. The van der Waals surface area contributed by atoms with Crippen molar-refractivity contribution in [2.45, 2.75) is 25.2 Å². The van der Waals surface area contributed by atoms with E-state index in [1.54, 1.807) is 29.3 Å². The Bertz CT molecular complexity index is 617. The first kappa shape index (κ1) is 15.8. The minimum atomic E-state index is -0.0555. The Hall–Kier alpha value is -1.59. The second-order valence-corrected chi connectivity index (χ2v) is 6.79. The molecule has 110 valence electrons. The van der Waals surface area contributed by atoms with Gasteiger partial charge >= 0.3 is 0 Å². The Balaban J connectivity index is 1.69. The molecule has 0 spiro atoms. The van der Waals surface area contributed by atoms with E-state index in [1.807, 2.05) is 18.4 Å². The van der Waals surface area contributed by atoms with Crippen LogP contribution in [0.4, 0.5) is 0 Å². The van der Waals surface area contributed by atoms with Crippen molar-refractivity contribution >= 4 is 35.2 Å². The normalized spacial score (nSPS) is 11.0. The molecule has 0 saturated heterocycles. The highest BCUT2D eigenvalue weighted by Gasteiger charge is 2.01. The summed E-state index contributed by atoms with van der Waals surface area (Å²) in [6.07, 6.45) is 2.16. The summed E-state index contributed by atoms with van der Waals surface area (Å²) in [5.74, 6) is 0.697. The maximum Gasteiger partial charge on any atom is 0.240 e. The number of thioether (sulfide) groups is 1. The lowest BCUT2D eigenvalue weighted by Crippen LogP contribution is -2.17. The fourth-order valence-electron chi connectivity index (χ4n) is 1.63. The third-order valence-corrected chi connectivity index (χ3v) is 4.86. The van der Waals surface area contributed by atoms with E-state index in [-0.39, 0.29) is 5.91 Å². The fourth-order valence-corrected chi connectivity index (χ4v) is 3.27. The molecular formula is C16H18N2OS2. The molecule has 0 atom stereocenters. The summed E-state index contributed by atoms with van der Waals surface area (Å²) in [5.41, 5.74) is 4.99. The van der Waals surface area contributed by atoms with Gasteiger partial charge in [-0.2, -0.15) is 5.10 Å². The molecule has 0 fully saturated rings. The second kappa shape index (κ2) is 8.00. The molecule has 1 N–H and O–H groups in total. The Morgan fingerprint density at radius 2 is 2.05 bits per heavy atom. The molecule has 1 aromatic heterocycles. The minimum absolute atomic E-state index is 0.0555. The van der Waals surface area contributed by atoms with E-state index in [0.29, 0.717) is 6.42 Å². The van der Waals surface area contributed by atoms with Gasteiger partial charge in [-0.25, -0.2) is 5.43 Å². The van der Waals surface area contributed by atoms with E-state index < -0.39 is 0 Å². The molecule has 1 amide bonds. The molecule has 1 heterocycles. The predicted molar refractivity (Wildman–Crippen MR) is 91.3 cm³/mol. The van der Waals surface area contributed by atoms with Crippen molar-refractivity contribution in [1.82, 2.24) is 5.43 Å². The number of aryl methyl sites for hydroxylation is 2. The van der Waals surface area contributed by atoms with Gasteiger partial charge in [0, 0.05) is 21.9 Å². The largest absolute Gasteiger partial charge is 0.273 e. The van der Waals surface area contributed by atoms with E-state index >= 15 is 0 Å². The summed E-state index contributed by atoms with van der Waals surface area (Å²) in [6, 6.07) is 10.4. The number of hydrogen-bond donors (Lipinski definition) is 1. The average molecular weight is 318 g/mol. The summed E-state index contributed by atoms with van der Waals surface area (Å²) in [4.78, 5) is 13.9. The molecule has 0 unspecified atom stereocenters. The highest BCUT2D eigenvalue weighted by Crippen LogP contribution is 2.18. The predicted octanol–water partition coefficient (Wildman–Crippen LogP) is 4.00. The van der Waals surface area contributed by atoms with Crippen molar-refractivity contribution in [3.05, 3.63) is 51.7 Å². The van der Waals surface area contributed by atoms with Crippen LogP contribution in [0.1, 0.15) is 22.4 Å². The van der Waals surface area contributed by atoms with Gasteiger partial charge in [-0.1, -0.05) is 17.7 Å².